The van der Waals surface area contributed by atoms with Crippen molar-refractivity contribution in [1.29, 1.82) is 0 Å². The number of nitrogens with zero attached hydrogens (tertiary/aromatic N) is 1. The molecule has 0 spiro atoms. The van der Waals surface area contributed by atoms with Crippen molar-refractivity contribution in [3.63, 3.8) is 0 Å². The molecule has 20 heavy (non-hydrogen) atoms. The highest BCUT2D eigenvalue weighted by Crippen LogP contribution is 2.26. The first kappa shape index (κ1) is 14.3. The molecule has 0 bridgehead atoms. The quantitative estimate of drug-likeness (QED) is 0.602. The standard InChI is InChI=1S/C15H15NO3S/c1-3-9-19-15(17)13-10-20-14(16-13)11-5-7-12(8-6-11)18-4-2/h3,5-8,10H,1,4,9H2,2H3. The number of thiazole rings is 1. The van der Waals surface area contributed by atoms with Gasteiger partial charge in [-0.1, -0.05) is 12.7 Å². The molecule has 0 saturated heterocycles. The molecule has 0 unspecified atom stereocenters. The summed E-state index contributed by atoms with van der Waals surface area (Å²) in [5, 5.41) is 2.47. The van der Waals surface area contributed by atoms with E-state index in [2.05, 4.69) is 11.6 Å². The largest absolute Gasteiger partial charge is 0.494 e. The number of hydrogen-bond donors (Lipinski definition) is 0. The first-order valence-corrected chi connectivity index (χ1v) is 7.09. The third-order valence-electron chi connectivity index (χ3n) is 2.46. The van der Waals surface area contributed by atoms with Crippen LogP contribution in [0.3, 0.4) is 0 Å². The minimum atomic E-state index is -0.432. The van der Waals surface area contributed by atoms with E-state index in [1.54, 1.807) is 5.38 Å². The van der Waals surface area contributed by atoms with Crippen LogP contribution in [-0.4, -0.2) is 24.2 Å². The van der Waals surface area contributed by atoms with Gasteiger partial charge in [-0.3, -0.25) is 0 Å². The van der Waals surface area contributed by atoms with E-state index in [-0.39, 0.29) is 6.61 Å². The van der Waals surface area contributed by atoms with E-state index in [9.17, 15) is 4.79 Å². The highest BCUT2D eigenvalue weighted by atomic mass is 32.1. The summed E-state index contributed by atoms with van der Waals surface area (Å²) in [5.74, 6) is 0.386. The topological polar surface area (TPSA) is 48.4 Å². The minimum absolute atomic E-state index is 0.189. The fraction of sp³-hybridized carbons (Fsp3) is 0.200. The van der Waals surface area contributed by atoms with Crippen LogP contribution in [0.4, 0.5) is 0 Å². The van der Waals surface area contributed by atoms with E-state index in [0.717, 1.165) is 16.3 Å². The van der Waals surface area contributed by atoms with Gasteiger partial charge in [0.05, 0.1) is 6.61 Å². The Hall–Kier alpha value is -2.14. The van der Waals surface area contributed by atoms with E-state index < -0.39 is 5.97 Å². The van der Waals surface area contributed by atoms with E-state index >= 15 is 0 Å². The third-order valence-corrected chi connectivity index (χ3v) is 3.35. The molecule has 0 aliphatic heterocycles. The van der Waals surface area contributed by atoms with Crippen LogP contribution in [-0.2, 0) is 4.74 Å². The van der Waals surface area contributed by atoms with Crippen molar-refractivity contribution in [3.05, 3.63) is 48.0 Å². The number of benzene rings is 1. The molecule has 0 atom stereocenters. The van der Waals surface area contributed by atoms with E-state index in [1.807, 2.05) is 31.2 Å². The highest BCUT2D eigenvalue weighted by molar-refractivity contribution is 7.13. The molecule has 0 saturated carbocycles. The van der Waals surface area contributed by atoms with Crippen molar-refractivity contribution in [2.24, 2.45) is 0 Å². The SMILES string of the molecule is C=CCOC(=O)c1csc(-c2ccc(OCC)cc2)n1. The molecule has 0 fully saturated rings. The Kier molecular flexibility index (Phi) is 4.90. The lowest BCUT2D eigenvalue weighted by atomic mass is 10.2. The third kappa shape index (κ3) is 3.45. The second-order valence-corrected chi connectivity index (χ2v) is 4.74. The lowest BCUT2D eigenvalue weighted by molar-refractivity contribution is 0.0544. The zero-order chi connectivity index (χ0) is 14.4. The van der Waals surface area contributed by atoms with Gasteiger partial charge >= 0.3 is 5.97 Å². The molecular weight excluding hydrogens is 274 g/mol. The summed E-state index contributed by atoms with van der Waals surface area (Å²) in [7, 11) is 0. The Balaban J connectivity index is 2.11. The molecule has 5 heteroatoms. The van der Waals surface area contributed by atoms with Crippen LogP contribution in [0.5, 0.6) is 5.75 Å². The Morgan fingerprint density at radius 1 is 1.40 bits per heavy atom. The fourth-order valence-corrected chi connectivity index (χ4v) is 2.36. The van der Waals surface area contributed by atoms with Crippen molar-refractivity contribution >= 4 is 17.3 Å². The predicted octanol–water partition coefficient (Wildman–Crippen LogP) is 3.55. The second-order valence-electron chi connectivity index (χ2n) is 3.88. The van der Waals surface area contributed by atoms with Crippen molar-refractivity contribution in [2.75, 3.05) is 13.2 Å². The fourth-order valence-electron chi connectivity index (χ4n) is 1.57. The Labute approximate surface area is 121 Å². The Morgan fingerprint density at radius 2 is 2.15 bits per heavy atom. The smallest absolute Gasteiger partial charge is 0.358 e. The van der Waals surface area contributed by atoms with Crippen LogP contribution in [0.1, 0.15) is 17.4 Å². The lowest BCUT2D eigenvalue weighted by Gasteiger charge is -2.03. The number of esters is 1. The molecule has 0 N–H and O–H groups in total. The average molecular weight is 289 g/mol. The number of carbonyl (C=O) groups excluding carboxylic acids is 1. The number of hydrogen-bond acceptors (Lipinski definition) is 5. The monoisotopic (exact) mass is 289 g/mol. The van der Waals surface area contributed by atoms with E-state index in [0.29, 0.717) is 12.3 Å². The van der Waals surface area contributed by atoms with Gasteiger partial charge in [0, 0.05) is 10.9 Å². The second kappa shape index (κ2) is 6.86. The number of carbonyl (C=O) groups is 1. The molecule has 4 nitrogen and oxygen atoms in total. The van der Waals surface area contributed by atoms with Gasteiger partial charge in [-0.2, -0.15) is 0 Å². The first-order chi connectivity index (χ1) is 9.74. The maximum absolute atomic E-state index is 11.6. The van der Waals surface area contributed by atoms with Gasteiger partial charge in [0.1, 0.15) is 17.4 Å². The average Bonchev–Trinajstić information content (AvgIpc) is 2.96. The van der Waals surface area contributed by atoms with Crippen LogP contribution in [0.15, 0.2) is 42.3 Å². The molecule has 0 aliphatic carbocycles. The van der Waals surface area contributed by atoms with Crippen molar-refractivity contribution in [3.8, 4) is 16.3 Å². The molecule has 0 amide bonds. The first-order valence-electron chi connectivity index (χ1n) is 6.21. The number of aromatic nitrogens is 1. The van der Waals surface area contributed by atoms with Gasteiger partial charge in [0.25, 0.3) is 0 Å². The Morgan fingerprint density at radius 3 is 2.80 bits per heavy atom. The molecule has 1 heterocycles. The number of rotatable bonds is 6. The summed E-state index contributed by atoms with van der Waals surface area (Å²) in [4.78, 5) is 15.9. The normalized spacial score (nSPS) is 10.1. The minimum Gasteiger partial charge on any atom is -0.494 e. The van der Waals surface area contributed by atoms with E-state index in [1.165, 1.54) is 17.4 Å². The van der Waals surface area contributed by atoms with Crippen LogP contribution in [0.25, 0.3) is 10.6 Å². The summed E-state index contributed by atoms with van der Waals surface area (Å²) in [6, 6.07) is 7.61. The molecular formula is C15H15NO3S. The Bertz CT molecular complexity index is 589. The van der Waals surface area contributed by atoms with E-state index in [4.69, 9.17) is 9.47 Å². The molecule has 1 aromatic heterocycles. The summed E-state index contributed by atoms with van der Waals surface area (Å²) >= 11 is 1.41. The molecule has 0 aliphatic rings. The molecule has 0 radical (unpaired) electrons. The van der Waals surface area contributed by atoms with Gasteiger partial charge < -0.3 is 9.47 Å². The summed E-state index contributed by atoms with van der Waals surface area (Å²) < 4.78 is 10.3. The van der Waals surface area contributed by atoms with Gasteiger partial charge in [-0.05, 0) is 31.2 Å². The van der Waals surface area contributed by atoms with Gasteiger partial charge in [0.2, 0.25) is 0 Å². The molecule has 1 aromatic carbocycles. The van der Waals surface area contributed by atoms with Crippen molar-refractivity contribution in [2.45, 2.75) is 6.92 Å². The van der Waals surface area contributed by atoms with Gasteiger partial charge in [-0.15, -0.1) is 11.3 Å². The zero-order valence-corrected chi connectivity index (χ0v) is 12.0. The van der Waals surface area contributed by atoms with Crippen LogP contribution < -0.4 is 4.74 Å². The van der Waals surface area contributed by atoms with Crippen LogP contribution in [0, 0.1) is 0 Å². The predicted molar refractivity (Wildman–Crippen MR) is 79.2 cm³/mol. The maximum Gasteiger partial charge on any atom is 0.358 e. The number of ether oxygens (including phenoxy) is 2. The van der Waals surface area contributed by atoms with Gasteiger partial charge in [-0.25, -0.2) is 9.78 Å². The molecule has 2 rings (SSSR count). The summed E-state index contributed by atoms with van der Waals surface area (Å²) in [6.07, 6.45) is 1.53. The lowest BCUT2D eigenvalue weighted by Crippen LogP contribution is -2.05. The highest BCUT2D eigenvalue weighted by Gasteiger charge is 2.12. The van der Waals surface area contributed by atoms with Gasteiger partial charge in [0.15, 0.2) is 5.69 Å². The summed E-state index contributed by atoms with van der Waals surface area (Å²) in [6.45, 7) is 6.26. The summed E-state index contributed by atoms with van der Waals surface area (Å²) in [5.41, 5.74) is 1.27. The zero-order valence-electron chi connectivity index (χ0n) is 11.2. The molecule has 2 aromatic rings. The molecule has 104 valence electrons. The maximum atomic E-state index is 11.6. The van der Waals surface area contributed by atoms with Crippen LogP contribution in [0.2, 0.25) is 0 Å². The van der Waals surface area contributed by atoms with Crippen LogP contribution >= 0.6 is 11.3 Å². The van der Waals surface area contributed by atoms with Crippen molar-refractivity contribution < 1.29 is 14.3 Å². The van der Waals surface area contributed by atoms with Crippen molar-refractivity contribution in [1.82, 2.24) is 4.98 Å².